The molecular formula is C15H19NO2. The van der Waals surface area contributed by atoms with Crippen LogP contribution in [-0.4, -0.2) is 12.5 Å². The molecule has 0 spiro atoms. The molecular weight excluding hydrogens is 226 g/mol. The lowest BCUT2D eigenvalue weighted by Gasteiger charge is -2.12. The first-order valence-corrected chi connectivity index (χ1v) is 6.53. The maximum absolute atomic E-state index is 11.6. The third-order valence-corrected chi connectivity index (χ3v) is 3.11. The van der Waals surface area contributed by atoms with Crippen LogP contribution in [0.5, 0.6) is 0 Å². The third-order valence-electron chi connectivity index (χ3n) is 3.11. The molecule has 0 atom stereocenters. The summed E-state index contributed by atoms with van der Waals surface area (Å²) in [5.74, 6) is -0.326. The SMILES string of the molecule is O=C(ONCCC1=CCCCC1)c1ccccc1. The lowest BCUT2D eigenvalue weighted by Crippen LogP contribution is -2.21. The summed E-state index contributed by atoms with van der Waals surface area (Å²) in [5, 5.41) is 0. The predicted octanol–water partition coefficient (Wildman–Crippen LogP) is 3.24. The number of nitrogens with one attached hydrogen (secondary N) is 1. The second-order valence-electron chi connectivity index (χ2n) is 4.51. The second-order valence-corrected chi connectivity index (χ2v) is 4.51. The number of rotatable bonds is 5. The molecule has 3 nitrogen and oxygen atoms in total. The average Bonchev–Trinajstić information content (AvgIpc) is 2.45. The Morgan fingerprint density at radius 1 is 1.22 bits per heavy atom. The minimum atomic E-state index is -0.326. The molecule has 2 rings (SSSR count). The molecule has 1 aromatic rings. The van der Waals surface area contributed by atoms with Crippen molar-refractivity contribution in [1.82, 2.24) is 5.48 Å². The molecule has 3 heteroatoms. The van der Waals surface area contributed by atoms with Crippen LogP contribution in [0.25, 0.3) is 0 Å². The summed E-state index contributed by atoms with van der Waals surface area (Å²) < 4.78 is 0. The van der Waals surface area contributed by atoms with Crippen LogP contribution in [0.1, 0.15) is 42.5 Å². The van der Waals surface area contributed by atoms with Crippen molar-refractivity contribution in [2.24, 2.45) is 0 Å². The smallest absolute Gasteiger partial charge is 0.356 e. The minimum absolute atomic E-state index is 0.326. The number of hydroxylamine groups is 1. The molecule has 1 aliphatic carbocycles. The Hall–Kier alpha value is -1.61. The minimum Gasteiger partial charge on any atom is -0.367 e. The summed E-state index contributed by atoms with van der Waals surface area (Å²) in [5.41, 5.74) is 4.79. The van der Waals surface area contributed by atoms with Gasteiger partial charge in [0.2, 0.25) is 0 Å². The maximum atomic E-state index is 11.6. The normalized spacial score (nSPS) is 15.0. The molecule has 0 aromatic heterocycles. The van der Waals surface area contributed by atoms with Crippen LogP contribution in [0.2, 0.25) is 0 Å². The number of allylic oxidation sites excluding steroid dienone is 1. The summed E-state index contributed by atoms with van der Waals surface area (Å²) in [4.78, 5) is 16.6. The molecule has 0 saturated carbocycles. The fourth-order valence-electron chi connectivity index (χ4n) is 2.09. The van der Waals surface area contributed by atoms with E-state index in [0.29, 0.717) is 12.1 Å². The number of hydrogen-bond acceptors (Lipinski definition) is 3. The van der Waals surface area contributed by atoms with Crippen molar-refractivity contribution in [3.63, 3.8) is 0 Å². The molecule has 0 amide bonds. The molecule has 0 fully saturated rings. The molecule has 0 radical (unpaired) electrons. The third kappa shape index (κ3) is 4.00. The second kappa shape index (κ2) is 6.97. The fourth-order valence-corrected chi connectivity index (χ4v) is 2.09. The van der Waals surface area contributed by atoms with E-state index < -0.39 is 0 Å². The standard InChI is InChI=1S/C15H19NO2/c17-15(14-9-5-2-6-10-14)18-16-12-11-13-7-3-1-4-8-13/h2,5-7,9-10,16H,1,3-4,8,11-12H2. The topological polar surface area (TPSA) is 38.3 Å². The summed E-state index contributed by atoms with van der Waals surface area (Å²) in [6.07, 6.45) is 8.25. The highest BCUT2D eigenvalue weighted by molar-refractivity contribution is 5.89. The first-order chi connectivity index (χ1) is 8.86. The van der Waals surface area contributed by atoms with Crippen molar-refractivity contribution < 1.29 is 9.63 Å². The summed E-state index contributed by atoms with van der Waals surface area (Å²) >= 11 is 0. The molecule has 96 valence electrons. The number of benzene rings is 1. The van der Waals surface area contributed by atoms with Gasteiger partial charge in [0.1, 0.15) is 0 Å². The van der Waals surface area contributed by atoms with E-state index in [9.17, 15) is 4.79 Å². The van der Waals surface area contributed by atoms with Gasteiger partial charge in [0.25, 0.3) is 0 Å². The zero-order valence-corrected chi connectivity index (χ0v) is 10.5. The van der Waals surface area contributed by atoms with E-state index in [1.165, 1.54) is 31.3 Å². The predicted molar refractivity (Wildman–Crippen MR) is 71.0 cm³/mol. The van der Waals surface area contributed by atoms with Gasteiger partial charge in [0.05, 0.1) is 5.56 Å². The largest absolute Gasteiger partial charge is 0.367 e. The van der Waals surface area contributed by atoms with Gasteiger partial charge < -0.3 is 4.84 Å². The highest BCUT2D eigenvalue weighted by atomic mass is 16.7. The van der Waals surface area contributed by atoms with Gasteiger partial charge in [-0.05, 0) is 44.2 Å². The van der Waals surface area contributed by atoms with Gasteiger partial charge in [0.15, 0.2) is 0 Å². The first-order valence-electron chi connectivity index (χ1n) is 6.53. The first kappa shape index (κ1) is 12.8. The van der Waals surface area contributed by atoms with Crippen LogP contribution < -0.4 is 5.48 Å². The van der Waals surface area contributed by atoms with Crippen LogP contribution >= 0.6 is 0 Å². The Bertz CT molecular complexity index is 412. The van der Waals surface area contributed by atoms with Crippen molar-refractivity contribution >= 4 is 5.97 Å². The Morgan fingerprint density at radius 2 is 2.06 bits per heavy atom. The molecule has 0 saturated heterocycles. The maximum Gasteiger partial charge on any atom is 0.356 e. The van der Waals surface area contributed by atoms with E-state index >= 15 is 0 Å². The van der Waals surface area contributed by atoms with Gasteiger partial charge in [-0.25, -0.2) is 4.79 Å². The molecule has 1 aromatic carbocycles. The molecule has 1 aliphatic rings. The van der Waals surface area contributed by atoms with Crippen molar-refractivity contribution in [1.29, 1.82) is 0 Å². The van der Waals surface area contributed by atoms with Crippen molar-refractivity contribution in [2.45, 2.75) is 32.1 Å². The monoisotopic (exact) mass is 245 g/mol. The van der Waals surface area contributed by atoms with Gasteiger partial charge in [-0.2, -0.15) is 5.48 Å². The molecule has 0 aliphatic heterocycles. The summed E-state index contributed by atoms with van der Waals surface area (Å²) in [6, 6.07) is 9.01. The van der Waals surface area contributed by atoms with Crippen LogP contribution in [-0.2, 0) is 4.84 Å². The Labute approximate surface area is 108 Å². The van der Waals surface area contributed by atoms with Crippen molar-refractivity contribution in [3.8, 4) is 0 Å². The zero-order valence-electron chi connectivity index (χ0n) is 10.5. The van der Waals surface area contributed by atoms with Crippen LogP contribution in [0, 0.1) is 0 Å². The Morgan fingerprint density at radius 3 is 2.78 bits per heavy atom. The molecule has 0 bridgehead atoms. The number of carbonyl (C=O) groups is 1. The molecule has 1 N–H and O–H groups in total. The lowest BCUT2D eigenvalue weighted by atomic mass is 9.97. The van der Waals surface area contributed by atoms with E-state index in [2.05, 4.69) is 11.6 Å². The summed E-state index contributed by atoms with van der Waals surface area (Å²) in [7, 11) is 0. The van der Waals surface area contributed by atoms with E-state index in [4.69, 9.17) is 4.84 Å². The highest BCUT2D eigenvalue weighted by Crippen LogP contribution is 2.19. The van der Waals surface area contributed by atoms with E-state index in [0.717, 1.165) is 6.42 Å². The van der Waals surface area contributed by atoms with Crippen LogP contribution in [0.3, 0.4) is 0 Å². The van der Waals surface area contributed by atoms with E-state index in [1.807, 2.05) is 18.2 Å². The van der Waals surface area contributed by atoms with Gasteiger partial charge in [-0.3, -0.25) is 0 Å². The van der Waals surface area contributed by atoms with Crippen molar-refractivity contribution in [2.75, 3.05) is 6.54 Å². The van der Waals surface area contributed by atoms with Gasteiger partial charge in [0, 0.05) is 6.54 Å². The van der Waals surface area contributed by atoms with E-state index in [-0.39, 0.29) is 5.97 Å². The van der Waals surface area contributed by atoms with Gasteiger partial charge in [-0.15, -0.1) is 0 Å². The van der Waals surface area contributed by atoms with Crippen LogP contribution in [0.15, 0.2) is 42.0 Å². The van der Waals surface area contributed by atoms with Crippen molar-refractivity contribution in [3.05, 3.63) is 47.5 Å². The average molecular weight is 245 g/mol. The molecule has 0 heterocycles. The zero-order chi connectivity index (χ0) is 12.6. The quantitative estimate of drug-likeness (QED) is 0.491. The highest BCUT2D eigenvalue weighted by Gasteiger charge is 2.06. The van der Waals surface area contributed by atoms with E-state index in [1.54, 1.807) is 12.1 Å². The molecule has 18 heavy (non-hydrogen) atoms. The molecule has 0 unspecified atom stereocenters. The lowest BCUT2D eigenvalue weighted by molar-refractivity contribution is 0.0256. The summed E-state index contributed by atoms with van der Waals surface area (Å²) in [6.45, 7) is 0.685. The fraction of sp³-hybridized carbons (Fsp3) is 0.400. The Kier molecular flexibility index (Phi) is 4.97. The number of carbonyl (C=O) groups excluding carboxylic acids is 1. The van der Waals surface area contributed by atoms with Crippen LogP contribution in [0.4, 0.5) is 0 Å². The Balaban J connectivity index is 1.66. The number of hydrogen-bond donors (Lipinski definition) is 1. The van der Waals surface area contributed by atoms with Gasteiger partial charge in [-0.1, -0.05) is 29.8 Å². The van der Waals surface area contributed by atoms with Gasteiger partial charge >= 0.3 is 5.97 Å².